The molecule has 14 heavy (non-hydrogen) atoms. The normalized spacial score (nSPS) is 10.3. The van der Waals surface area contributed by atoms with Crippen molar-refractivity contribution < 1.29 is 8.78 Å². The minimum absolute atomic E-state index is 0.0357. The Morgan fingerprint density at radius 1 is 1.50 bits per heavy atom. The SMILES string of the molecule is N#CCc1c(C(F)F)cc(Cl)nc1Cl. The van der Waals surface area contributed by atoms with Crippen LogP contribution in [0.5, 0.6) is 0 Å². The number of pyridine rings is 1. The van der Waals surface area contributed by atoms with E-state index in [1.54, 1.807) is 6.07 Å². The molecule has 0 spiro atoms. The molecular formula is C8H4Cl2F2N2. The summed E-state index contributed by atoms with van der Waals surface area (Å²) in [6, 6.07) is 2.76. The Labute approximate surface area is 89.1 Å². The summed E-state index contributed by atoms with van der Waals surface area (Å²) in [4.78, 5) is 3.58. The van der Waals surface area contributed by atoms with Crippen LogP contribution in [0.25, 0.3) is 0 Å². The van der Waals surface area contributed by atoms with E-state index in [1.807, 2.05) is 0 Å². The molecule has 0 amide bonds. The van der Waals surface area contributed by atoms with Crippen molar-refractivity contribution in [2.24, 2.45) is 0 Å². The lowest BCUT2D eigenvalue weighted by Gasteiger charge is -2.07. The molecule has 0 aliphatic carbocycles. The Morgan fingerprint density at radius 3 is 2.64 bits per heavy atom. The molecule has 74 valence electrons. The molecule has 1 rings (SSSR count). The van der Waals surface area contributed by atoms with Gasteiger partial charge >= 0.3 is 0 Å². The third kappa shape index (κ3) is 2.31. The molecule has 0 bridgehead atoms. The molecule has 2 nitrogen and oxygen atoms in total. The van der Waals surface area contributed by atoms with Crippen molar-refractivity contribution in [2.75, 3.05) is 0 Å². The first-order valence-corrected chi connectivity index (χ1v) is 4.31. The molecule has 0 atom stereocenters. The number of alkyl halides is 2. The second-order valence-corrected chi connectivity index (χ2v) is 3.18. The van der Waals surface area contributed by atoms with Crippen molar-refractivity contribution in [3.63, 3.8) is 0 Å². The molecule has 0 saturated carbocycles. The monoisotopic (exact) mass is 236 g/mol. The number of hydrogen-bond acceptors (Lipinski definition) is 2. The van der Waals surface area contributed by atoms with Crippen LogP contribution >= 0.6 is 23.2 Å². The van der Waals surface area contributed by atoms with Crippen LogP contribution in [0.1, 0.15) is 17.6 Å². The Kier molecular flexibility index (Phi) is 3.62. The van der Waals surface area contributed by atoms with Crippen molar-refractivity contribution in [3.8, 4) is 6.07 Å². The van der Waals surface area contributed by atoms with E-state index in [-0.39, 0.29) is 27.9 Å². The van der Waals surface area contributed by atoms with Gasteiger partial charge in [-0.3, -0.25) is 0 Å². The van der Waals surface area contributed by atoms with Gasteiger partial charge in [0.2, 0.25) is 0 Å². The zero-order valence-corrected chi connectivity index (χ0v) is 8.28. The lowest BCUT2D eigenvalue weighted by molar-refractivity contribution is 0.150. The topological polar surface area (TPSA) is 36.7 Å². The van der Waals surface area contributed by atoms with Crippen LogP contribution in [0, 0.1) is 11.3 Å². The van der Waals surface area contributed by atoms with Crippen LogP contribution in [0.15, 0.2) is 6.07 Å². The van der Waals surface area contributed by atoms with Gasteiger partial charge in [-0.25, -0.2) is 13.8 Å². The number of nitrogens with zero attached hydrogens (tertiary/aromatic N) is 2. The van der Waals surface area contributed by atoms with Gasteiger partial charge in [-0.1, -0.05) is 23.2 Å². The van der Waals surface area contributed by atoms with Crippen LogP contribution in [0.2, 0.25) is 10.3 Å². The van der Waals surface area contributed by atoms with Crippen LogP contribution in [-0.2, 0) is 6.42 Å². The molecule has 0 radical (unpaired) electrons. The van der Waals surface area contributed by atoms with Crippen molar-refractivity contribution in [1.82, 2.24) is 4.98 Å². The predicted molar refractivity (Wildman–Crippen MR) is 48.5 cm³/mol. The second kappa shape index (κ2) is 4.54. The molecule has 0 saturated heterocycles. The van der Waals surface area contributed by atoms with Crippen molar-refractivity contribution >= 4 is 23.2 Å². The molecule has 0 N–H and O–H groups in total. The first-order chi connectivity index (χ1) is 6.56. The molecule has 1 aromatic heterocycles. The van der Waals surface area contributed by atoms with E-state index in [1.165, 1.54) is 0 Å². The molecule has 0 fully saturated rings. The molecule has 0 aliphatic heterocycles. The highest BCUT2D eigenvalue weighted by molar-refractivity contribution is 6.33. The largest absolute Gasteiger partial charge is 0.264 e. The molecule has 1 aromatic rings. The van der Waals surface area contributed by atoms with Gasteiger partial charge in [0.05, 0.1) is 12.5 Å². The third-order valence-corrected chi connectivity index (χ3v) is 2.07. The maximum Gasteiger partial charge on any atom is 0.264 e. The van der Waals surface area contributed by atoms with Crippen LogP contribution in [0.3, 0.4) is 0 Å². The van der Waals surface area contributed by atoms with Crippen molar-refractivity contribution in [3.05, 3.63) is 27.5 Å². The van der Waals surface area contributed by atoms with E-state index < -0.39 is 6.43 Å². The smallest absolute Gasteiger partial charge is 0.224 e. The average molecular weight is 237 g/mol. The number of halogens is 4. The summed E-state index contributed by atoms with van der Waals surface area (Å²) < 4.78 is 24.9. The van der Waals surface area contributed by atoms with Crippen molar-refractivity contribution in [2.45, 2.75) is 12.8 Å². The fraction of sp³-hybridized carbons (Fsp3) is 0.250. The van der Waals surface area contributed by atoms with Gasteiger partial charge in [-0.05, 0) is 6.07 Å². The fourth-order valence-corrected chi connectivity index (χ4v) is 1.49. The van der Waals surface area contributed by atoms with Crippen LogP contribution in [0.4, 0.5) is 8.78 Å². The zero-order valence-electron chi connectivity index (χ0n) is 6.77. The summed E-state index contributed by atoms with van der Waals surface area (Å²) in [5, 5.41) is 8.16. The quantitative estimate of drug-likeness (QED) is 0.739. The number of aromatic nitrogens is 1. The Bertz CT molecular complexity index is 388. The molecule has 0 aromatic carbocycles. The third-order valence-electron chi connectivity index (χ3n) is 1.57. The van der Waals surface area contributed by atoms with Gasteiger partial charge in [0.15, 0.2) is 0 Å². The van der Waals surface area contributed by atoms with E-state index in [0.29, 0.717) is 0 Å². The fourth-order valence-electron chi connectivity index (χ4n) is 0.977. The lowest BCUT2D eigenvalue weighted by atomic mass is 10.1. The first-order valence-electron chi connectivity index (χ1n) is 3.56. The summed E-state index contributed by atoms with van der Waals surface area (Å²) in [5.74, 6) is 0. The van der Waals surface area contributed by atoms with E-state index >= 15 is 0 Å². The molecule has 6 heteroatoms. The summed E-state index contributed by atoms with van der Waals surface area (Å²) in [5.41, 5.74) is -0.301. The minimum atomic E-state index is -2.71. The highest BCUT2D eigenvalue weighted by Gasteiger charge is 2.17. The highest BCUT2D eigenvalue weighted by atomic mass is 35.5. The highest BCUT2D eigenvalue weighted by Crippen LogP contribution is 2.29. The summed E-state index contributed by atoms with van der Waals surface area (Å²) in [6.45, 7) is 0. The van der Waals surface area contributed by atoms with Gasteiger partial charge in [0.1, 0.15) is 10.3 Å². The summed E-state index contributed by atoms with van der Waals surface area (Å²) in [7, 11) is 0. The zero-order chi connectivity index (χ0) is 10.7. The Hall–Kier alpha value is -0.920. The Balaban J connectivity index is 3.30. The van der Waals surface area contributed by atoms with Gasteiger partial charge in [0, 0.05) is 11.1 Å². The van der Waals surface area contributed by atoms with Crippen molar-refractivity contribution in [1.29, 1.82) is 5.26 Å². The van der Waals surface area contributed by atoms with Gasteiger partial charge in [-0.15, -0.1) is 0 Å². The van der Waals surface area contributed by atoms with E-state index in [0.717, 1.165) is 6.07 Å². The lowest BCUT2D eigenvalue weighted by Crippen LogP contribution is -1.97. The number of rotatable bonds is 2. The number of nitriles is 1. The summed E-state index contributed by atoms with van der Waals surface area (Å²) >= 11 is 11.0. The second-order valence-electron chi connectivity index (χ2n) is 2.44. The van der Waals surface area contributed by atoms with Gasteiger partial charge < -0.3 is 0 Å². The standard InChI is InChI=1S/C8H4Cl2F2N2/c9-6-3-5(8(11)12)4(1-2-13)7(10)14-6/h3,8H,1H2. The van der Waals surface area contributed by atoms with Crippen LogP contribution < -0.4 is 0 Å². The maximum absolute atomic E-state index is 12.5. The average Bonchev–Trinajstić information content (AvgIpc) is 2.09. The number of hydrogen-bond donors (Lipinski definition) is 0. The molecule has 0 aliphatic rings. The molecular weight excluding hydrogens is 233 g/mol. The van der Waals surface area contributed by atoms with E-state index in [4.69, 9.17) is 28.5 Å². The predicted octanol–water partition coefficient (Wildman–Crippen LogP) is 3.39. The van der Waals surface area contributed by atoms with Gasteiger partial charge in [0.25, 0.3) is 6.43 Å². The maximum atomic E-state index is 12.5. The minimum Gasteiger partial charge on any atom is -0.224 e. The Morgan fingerprint density at radius 2 is 2.14 bits per heavy atom. The summed E-state index contributed by atoms with van der Waals surface area (Å²) in [6.07, 6.45) is -2.92. The molecule has 0 unspecified atom stereocenters. The molecule has 1 heterocycles. The van der Waals surface area contributed by atoms with Crippen LogP contribution in [-0.4, -0.2) is 4.98 Å². The van der Waals surface area contributed by atoms with E-state index in [9.17, 15) is 8.78 Å². The van der Waals surface area contributed by atoms with E-state index in [2.05, 4.69) is 4.98 Å². The first kappa shape index (κ1) is 11.2. The van der Waals surface area contributed by atoms with Gasteiger partial charge in [-0.2, -0.15) is 5.26 Å².